The molecule has 1 aromatic rings. The fourth-order valence-electron chi connectivity index (χ4n) is 2.67. The standard InChI is InChI=1S/C17H26N2O/c1-14(2)13-17(20)18-15-7-9-16(10-8-15)19-11-5-3-4-6-12-19/h7-10,14H,3-6,11-13H2,1-2H3,(H,18,20). The van der Waals surface area contributed by atoms with Gasteiger partial charge in [-0.15, -0.1) is 0 Å². The average Bonchev–Trinajstić information content (AvgIpc) is 2.67. The molecule has 0 spiro atoms. The first-order chi connectivity index (χ1) is 9.65. The van der Waals surface area contributed by atoms with Gasteiger partial charge in [0.2, 0.25) is 5.91 Å². The van der Waals surface area contributed by atoms with Crippen LogP contribution < -0.4 is 10.2 Å². The van der Waals surface area contributed by atoms with E-state index in [9.17, 15) is 4.79 Å². The highest BCUT2D eigenvalue weighted by molar-refractivity contribution is 5.90. The summed E-state index contributed by atoms with van der Waals surface area (Å²) < 4.78 is 0. The van der Waals surface area contributed by atoms with Gasteiger partial charge in [0.15, 0.2) is 0 Å². The predicted octanol–water partition coefficient (Wildman–Crippen LogP) is 4.05. The highest BCUT2D eigenvalue weighted by Gasteiger charge is 2.10. The summed E-state index contributed by atoms with van der Waals surface area (Å²) in [5, 5.41) is 2.96. The molecule has 0 radical (unpaired) electrons. The summed E-state index contributed by atoms with van der Waals surface area (Å²) in [6.45, 7) is 6.42. The number of anilines is 2. The number of hydrogen-bond acceptors (Lipinski definition) is 2. The molecule has 1 saturated heterocycles. The number of benzene rings is 1. The van der Waals surface area contributed by atoms with Crippen molar-refractivity contribution in [3.05, 3.63) is 24.3 Å². The van der Waals surface area contributed by atoms with Crippen LogP contribution in [-0.2, 0) is 4.79 Å². The zero-order valence-electron chi connectivity index (χ0n) is 12.7. The molecule has 2 rings (SSSR count). The van der Waals surface area contributed by atoms with Gasteiger partial charge in [-0.3, -0.25) is 4.79 Å². The second-order valence-corrected chi connectivity index (χ2v) is 6.09. The lowest BCUT2D eigenvalue weighted by Crippen LogP contribution is -2.23. The molecule has 1 aromatic carbocycles. The monoisotopic (exact) mass is 274 g/mol. The molecule has 1 aliphatic heterocycles. The predicted molar refractivity (Wildman–Crippen MR) is 85.2 cm³/mol. The zero-order valence-corrected chi connectivity index (χ0v) is 12.7. The lowest BCUT2D eigenvalue weighted by Gasteiger charge is -2.22. The third-order valence-electron chi connectivity index (χ3n) is 3.72. The molecule has 1 heterocycles. The molecule has 0 atom stereocenters. The van der Waals surface area contributed by atoms with E-state index in [1.54, 1.807) is 0 Å². The van der Waals surface area contributed by atoms with Gasteiger partial charge in [0.05, 0.1) is 0 Å². The number of hydrogen-bond donors (Lipinski definition) is 1. The fourth-order valence-corrected chi connectivity index (χ4v) is 2.67. The molecule has 1 fully saturated rings. The van der Waals surface area contributed by atoms with E-state index in [0.29, 0.717) is 12.3 Å². The normalized spacial score (nSPS) is 16.1. The third-order valence-corrected chi connectivity index (χ3v) is 3.72. The van der Waals surface area contributed by atoms with E-state index in [4.69, 9.17) is 0 Å². The Morgan fingerprint density at radius 2 is 1.70 bits per heavy atom. The summed E-state index contributed by atoms with van der Waals surface area (Å²) in [5.74, 6) is 0.494. The molecule has 1 N–H and O–H groups in total. The first kappa shape index (κ1) is 14.9. The summed E-state index contributed by atoms with van der Waals surface area (Å²) in [6.07, 6.45) is 5.84. The second-order valence-electron chi connectivity index (χ2n) is 6.09. The van der Waals surface area contributed by atoms with E-state index in [1.807, 2.05) is 12.1 Å². The highest BCUT2D eigenvalue weighted by Crippen LogP contribution is 2.21. The molecular weight excluding hydrogens is 248 g/mol. The van der Waals surface area contributed by atoms with Crippen LogP contribution in [0.3, 0.4) is 0 Å². The van der Waals surface area contributed by atoms with Crippen LogP contribution in [0.1, 0.15) is 46.0 Å². The van der Waals surface area contributed by atoms with Crippen molar-refractivity contribution in [3.63, 3.8) is 0 Å². The van der Waals surface area contributed by atoms with E-state index >= 15 is 0 Å². The van der Waals surface area contributed by atoms with Crippen LogP contribution in [0.2, 0.25) is 0 Å². The molecule has 110 valence electrons. The maximum Gasteiger partial charge on any atom is 0.224 e. The maximum atomic E-state index is 11.7. The van der Waals surface area contributed by atoms with Gasteiger partial charge in [-0.2, -0.15) is 0 Å². The molecule has 1 amide bonds. The van der Waals surface area contributed by atoms with Crippen molar-refractivity contribution in [3.8, 4) is 0 Å². The summed E-state index contributed by atoms with van der Waals surface area (Å²) in [7, 11) is 0. The summed E-state index contributed by atoms with van der Waals surface area (Å²) in [4.78, 5) is 14.2. The van der Waals surface area contributed by atoms with Gasteiger partial charge >= 0.3 is 0 Å². The van der Waals surface area contributed by atoms with E-state index in [0.717, 1.165) is 18.8 Å². The fraction of sp³-hybridized carbons (Fsp3) is 0.588. The van der Waals surface area contributed by atoms with Crippen LogP contribution in [0.5, 0.6) is 0 Å². The number of amides is 1. The lowest BCUT2D eigenvalue weighted by atomic mass is 10.1. The Labute approximate surface area is 122 Å². The molecule has 0 unspecified atom stereocenters. The van der Waals surface area contributed by atoms with Crippen LogP contribution >= 0.6 is 0 Å². The summed E-state index contributed by atoms with van der Waals surface area (Å²) >= 11 is 0. The lowest BCUT2D eigenvalue weighted by molar-refractivity contribution is -0.116. The van der Waals surface area contributed by atoms with Crippen molar-refractivity contribution >= 4 is 17.3 Å². The molecule has 0 saturated carbocycles. The smallest absolute Gasteiger partial charge is 0.224 e. The Balaban J connectivity index is 1.93. The molecule has 0 aromatic heterocycles. The minimum Gasteiger partial charge on any atom is -0.372 e. The van der Waals surface area contributed by atoms with Crippen molar-refractivity contribution < 1.29 is 4.79 Å². The second kappa shape index (κ2) is 7.32. The number of carbonyl (C=O) groups excluding carboxylic acids is 1. The largest absolute Gasteiger partial charge is 0.372 e. The minimum atomic E-state index is 0.0996. The first-order valence-corrected chi connectivity index (χ1v) is 7.80. The maximum absolute atomic E-state index is 11.7. The van der Waals surface area contributed by atoms with Crippen molar-refractivity contribution in [1.82, 2.24) is 0 Å². The Morgan fingerprint density at radius 3 is 2.25 bits per heavy atom. The van der Waals surface area contributed by atoms with Crippen LogP contribution in [0.4, 0.5) is 11.4 Å². The number of carbonyl (C=O) groups is 1. The topological polar surface area (TPSA) is 32.3 Å². The van der Waals surface area contributed by atoms with Crippen LogP contribution in [0, 0.1) is 5.92 Å². The van der Waals surface area contributed by atoms with Gasteiger partial charge in [-0.1, -0.05) is 26.7 Å². The average molecular weight is 274 g/mol. The molecule has 20 heavy (non-hydrogen) atoms. The highest BCUT2D eigenvalue weighted by atomic mass is 16.1. The van der Waals surface area contributed by atoms with Gasteiger partial charge in [0.25, 0.3) is 0 Å². The number of nitrogens with one attached hydrogen (secondary N) is 1. The number of nitrogens with zero attached hydrogens (tertiary/aromatic N) is 1. The minimum absolute atomic E-state index is 0.0996. The molecule has 3 nitrogen and oxygen atoms in total. The molecule has 0 bridgehead atoms. The van der Waals surface area contributed by atoms with E-state index < -0.39 is 0 Å². The van der Waals surface area contributed by atoms with Crippen molar-refractivity contribution in [1.29, 1.82) is 0 Å². The molecular formula is C17H26N2O. The number of rotatable bonds is 4. The van der Waals surface area contributed by atoms with E-state index in [-0.39, 0.29) is 5.91 Å². The van der Waals surface area contributed by atoms with Gasteiger partial charge in [-0.25, -0.2) is 0 Å². The van der Waals surface area contributed by atoms with Gasteiger partial charge in [-0.05, 0) is 43.0 Å². The van der Waals surface area contributed by atoms with Crippen LogP contribution in [-0.4, -0.2) is 19.0 Å². The van der Waals surface area contributed by atoms with E-state index in [2.05, 4.69) is 36.2 Å². The Kier molecular flexibility index (Phi) is 5.45. The quantitative estimate of drug-likeness (QED) is 0.898. The van der Waals surface area contributed by atoms with Gasteiger partial charge < -0.3 is 10.2 Å². The SMILES string of the molecule is CC(C)CC(=O)Nc1ccc(N2CCCCCC2)cc1. The van der Waals surface area contributed by atoms with Crippen molar-refractivity contribution in [2.75, 3.05) is 23.3 Å². The van der Waals surface area contributed by atoms with Crippen molar-refractivity contribution in [2.24, 2.45) is 5.92 Å². The van der Waals surface area contributed by atoms with Gasteiger partial charge in [0, 0.05) is 30.9 Å². The Hall–Kier alpha value is -1.51. The van der Waals surface area contributed by atoms with Gasteiger partial charge in [0.1, 0.15) is 0 Å². The summed E-state index contributed by atoms with van der Waals surface area (Å²) in [5.41, 5.74) is 2.17. The van der Waals surface area contributed by atoms with Crippen LogP contribution in [0.25, 0.3) is 0 Å². The summed E-state index contributed by atoms with van der Waals surface area (Å²) in [6, 6.07) is 8.27. The first-order valence-electron chi connectivity index (χ1n) is 7.80. The zero-order chi connectivity index (χ0) is 14.4. The van der Waals surface area contributed by atoms with Crippen LogP contribution in [0.15, 0.2) is 24.3 Å². The third kappa shape index (κ3) is 4.55. The van der Waals surface area contributed by atoms with E-state index in [1.165, 1.54) is 31.4 Å². The van der Waals surface area contributed by atoms with Crippen molar-refractivity contribution in [2.45, 2.75) is 46.0 Å². The molecule has 3 heteroatoms. The molecule has 0 aliphatic carbocycles. The Bertz CT molecular complexity index is 417. The molecule has 1 aliphatic rings. The Morgan fingerprint density at radius 1 is 1.10 bits per heavy atom.